The molecular weight excluding hydrogens is 374 g/mol. The number of nitrogens with one attached hydrogen (secondary N) is 2. The normalized spacial score (nSPS) is 10.3. The van der Waals surface area contributed by atoms with Crippen LogP contribution in [0, 0.1) is 24.0 Å². The fourth-order valence-electron chi connectivity index (χ4n) is 2.83. The highest BCUT2D eigenvalue weighted by molar-refractivity contribution is 5.79. The second-order valence-corrected chi connectivity index (χ2v) is 6.33. The monoisotopic (exact) mass is 395 g/mol. The fraction of sp³-hybridized carbons (Fsp3) is 0.200. The van der Waals surface area contributed by atoms with Crippen LogP contribution in [-0.2, 0) is 0 Å². The number of anilines is 4. The standard InChI is InChI=1S/C20H21N5O4/c1-12-5-7-16(28-3)14(9-12)23-19-18(25(26)27)20(22-11-21-19)24-15-10-13(2)6-8-17(15)29-4/h5-11H,1-4H3,(H2,21,22,23,24). The smallest absolute Gasteiger partial charge is 0.353 e. The minimum atomic E-state index is -0.533. The molecule has 0 radical (unpaired) electrons. The van der Waals surface area contributed by atoms with Crippen LogP contribution in [0.4, 0.5) is 28.7 Å². The van der Waals surface area contributed by atoms with Crippen molar-refractivity contribution < 1.29 is 14.4 Å². The first kappa shape index (κ1) is 19.9. The summed E-state index contributed by atoms with van der Waals surface area (Å²) in [6, 6.07) is 11.0. The van der Waals surface area contributed by atoms with Gasteiger partial charge in [0.2, 0.25) is 11.6 Å². The molecule has 0 aliphatic rings. The zero-order valence-electron chi connectivity index (χ0n) is 16.5. The quantitative estimate of drug-likeness (QED) is 0.444. The van der Waals surface area contributed by atoms with E-state index in [2.05, 4.69) is 20.6 Å². The van der Waals surface area contributed by atoms with Gasteiger partial charge in [0.1, 0.15) is 17.8 Å². The highest BCUT2D eigenvalue weighted by Crippen LogP contribution is 2.37. The molecule has 0 spiro atoms. The first-order chi connectivity index (χ1) is 13.9. The summed E-state index contributed by atoms with van der Waals surface area (Å²) in [5.41, 5.74) is 2.77. The number of nitrogens with zero attached hydrogens (tertiary/aromatic N) is 3. The van der Waals surface area contributed by atoms with Gasteiger partial charge in [0, 0.05) is 0 Å². The van der Waals surface area contributed by atoms with Crippen LogP contribution in [-0.4, -0.2) is 29.1 Å². The number of ether oxygens (including phenoxy) is 2. The molecule has 1 aromatic heterocycles. The Hall–Kier alpha value is -3.88. The number of benzene rings is 2. The number of hydrogen-bond donors (Lipinski definition) is 2. The molecule has 3 aromatic rings. The molecule has 0 atom stereocenters. The summed E-state index contributed by atoms with van der Waals surface area (Å²) in [5, 5.41) is 17.8. The second-order valence-electron chi connectivity index (χ2n) is 6.33. The Morgan fingerprint density at radius 1 is 0.862 bits per heavy atom. The lowest BCUT2D eigenvalue weighted by Gasteiger charge is -2.14. The van der Waals surface area contributed by atoms with Gasteiger partial charge in [0.05, 0.1) is 30.5 Å². The van der Waals surface area contributed by atoms with Gasteiger partial charge in [-0.15, -0.1) is 0 Å². The van der Waals surface area contributed by atoms with Crippen LogP contribution in [0.2, 0.25) is 0 Å². The van der Waals surface area contributed by atoms with Gasteiger partial charge >= 0.3 is 5.69 Å². The van der Waals surface area contributed by atoms with Crippen molar-refractivity contribution in [3.05, 3.63) is 64.0 Å². The predicted octanol–water partition coefficient (Wildman–Crippen LogP) is 4.51. The summed E-state index contributed by atoms with van der Waals surface area (Å²) in [6.45, 7) is 3.83. The number of nitro groups is 1. The lowest BCUT2D eigenvalue weighted by Crippen LogP contribution is -2.06. The Balaban J connectivity index is 2.05. The zero-order valence-corrected chi connectivity index (χ0v) is 16.5. The van der Waals surface area contributed by atoms with E-state index in [1.165, 1.54) is 20.5 Å². The maximum Gasteiger partial charge on any atom is 0.353 e. The maximum absolute atomic E-state index is 11.8. The molecule has 9 nitrogen and oxygen atoms in total. The SMILES string of the molecule is COc1ccc(C)cc1Nc1ncnc(Nc2cc(C)ccc2OC)c1[N+](=O)[O-]. The molecule has 0 bridgehead atoms. The molecule has 0 aliphatic carbocycles. The van der Waals surface area contributed by atoms with Crippen molar-refractivity contribution in [2.24, 2.45) is 0 Å². The van der Waals surface area contributed by atoms with Gasteiger partial charge in [-0.2, -0.15) is 0 Å². The van der Waals surface area contributed by atoms with E-state index in [9.17, 15) is 10.1 Å². The van der Waals surface area contributed by atoms with Gasteiger partial charge < -0.3 is 20.1 Å². The number of methoxy groups -OCH3 is 2. The van der Waals surface area contributed by atoms with Crippen LogP contribution >= 0.6 is 0 Å². The first-order valence-electron chi connectivity index (χ1n) is 8.75. The minimum Gasteiger partial charge on any atom is -0.495 e. The second kappa shape index (κ2) is 8.42. The highest BCUT2D eigenvalue weighted by Gasteiger charge is 2.25. The molecule has 0 unspecified atom stereocenters. The summed E-state index contributed by atoms with van der Waals surface area (Å²) >= 11 is 0. The topological polar surface area (TPSA) is 111 Å². The van der Waals surface area contributed by atoms with E-state index in [0.29, 0.717) is 22.9 Å². The van der Waals surface area contributed by atoms with Crippen molar-refractivity contribution in [3.8, 4) is 11.5 Å². The van der Waals surface area contributed by atoms with Crippen LogP contribution in [0.25, 0.3) is 0 Å². The molecule has 2 N–H and O–H groups in total. The molecule has 3 rings (SSSR count). The average Bonchev–Trinajstić information content (AvgIpc) is 2.68. The lowest BCUT2D eigenvalue weighted by atomic mass is 10.2. The highest BCUT2D eigenvalue weighted by atomic mass is 16.6. The Labute approximate surface area is 167 Å². The maximum atomic E-state index is 11.8. The minimum absolute atomic E-state index is 0.0445. The molecule has 0 aliphatic heterocycles. The third kappa shape index (κ3) is 4.34. The number of hydrogen-bond acceptors (Lipinski definition) is 8. The molecule has 150 valence electrons. The Morgan fingerprint density at radius 3 is 1.69 bits per heavy atom. The molecule has 1 heterocycles. The molecule has 9 heteroatoms. The molecule has 0 saturated heterocycles. The van der Waals surface area contributed by atoms with Gasteiger partial charge in [-0.05, 0) is 49.2 Å². The number of aromatic nitrogens is 2. The first-order valence-corrected chi connectivity index (χ1v) is 8.75. The van der Waals surface area contributed by atoms with Gasteiger partial charge in [-0.1, -0.05) is 12.1 Å². The van der Waals surface area contributed by atoms with Crippen LogP contribution in [0.15, 0.2) is 42.7 Å². The third-order valence-electron chi connectivity index (χ3n) is 4.22. The number of rotatable bonds is 7. The molecule has 0 amide bonds. The largest absolute Gasteiger partial charge is 0.495 e. The number of aryl methyl sites for hydroxylation is 2. The molecule has 29 heavy (non-hydrogen) atoms. The predicted molar refractivity (Wildman–Crippen MR) is 111 cm³/mol. The van der Waals surface area contributed by atoms with Crippen LogP contribution in [0.3, 0.4) is 0 Å². The fourth-order valence-corrected chi connectivity index (χ4v) is 2.83. The lowest BCUT2D eigenvalue weighted by molar-refractivity contribution is -0.383. The van der Waals surface area contributed by atoms with Gasteiger partial charge in [0.25, 0.3) is 0 Å². The van der Waals surface area contributed by atoms with E-state index in [1.807, 2.05) is 38.1 Å². The molecular formula is C20H21N5O4. The molecule has 0 fully saturated rings. The van der Waals surface area contributed by atoms with Crippen molar-refractivity contribution in [3.63, 3.8) is 0 Å². The van der Waals surface area contributed by atoms with Crippen LogP contribution < -0.4 is 20.1 Å². The van der Waals surface area contributed by atoms with Crippen LogP contribution in [0.5, 0.6) is 11.5 Å². The van der Waals surface area contributed by atoms with Gasteiger partial charge in [-0.3, -0.25) is 10.1 Å². The molecule has 0 saturated carbocycles. The van der Waals surface area contributed by atoms with Crippen molar-refractivity contribution in [1.82, 2.24) is 9.97 Å². The van der Waals surface area contributed by atoms with Crippen molar-refractivity contribution >= 4 is 28.7 Å². The Kier molecular flexibility index (Phi) is 5.77. The summed E-state index contributed by atoms with van der Waals surface area (Å²) in [7, 11) is 3.06. The average molecular weight is 395 g/mol. The van der Waals surface area contributed by atoms with E-state index in [4.69, 9.17) is 9.47 Å². The summed E-state index contributed by atoms with van der Waals surface area (Å²) in [5.74, 6) is 1.17. The van der Waals surface area contributed by atoms with Gasteiger partial charge in [-0.25, -0.2) is 9.97 Å². The van der Waals surface area contributed by atoms with Crippen molar-refractivity contribution in [1.29, 1.82) is 0 Å². The van der Waals surface area contributed by atoms with E-state index in [-0.39, 0.29) is 17.3 Å². The van der Waals surface area contributed by atoms with Crippen molar-refractivity contribution in [2.45, 2.75) is 13.8 Å². The summed E-state index contributed by atoms with van der Waals surface area (Å²) in [4.78, 5) is 19.5. The van der Waals surface area contributed by atoms with E-state index in [1.54, 1.807) is 12.1 Å². The molecule has 2 aromatic carbocycles. The van der Waals surface area contributed by atoms with E-state index in [0.717, 1.165) is 11.1 Å². The third-order valence-corrected chi connectivity index (χ3v) is 4.22. The summed E-state index contributed by atoms with van der Waals surface area (Å²) in [6.07, 6.45) is 1.25. The zero-order chi connectivity index (χ0) is 21.0. The Bertz CT molecular complexity index is 981. The Morgan fingerprint density at radius 2 is 1.31 bits per heavy atom. The van der Waals surface area contributed by atoms with E-state index >= 15 is 0 Å². The van der Waals surface area contributed by atoms with Gasteiger partial charge in [0.15, 0.2) is 0 Å². The van der Waals surface area contributed by atoms with Crippen molar-refractivity contribution in [2.75, 3.05) is 24.9 Å². The summed E-state index contributed by atoms with van der Waals surface area (Å²) < 4.78 is 10.7. The van der Waals surface area contributed by atoms with E-state index < -0.39 is 4.92 Å². The van der Waals surface area contributed by atoms with Crippen LogP contribution in [0.1, 0.15) is 11.1 Å².